The number of hydrogen-bond acceptors (Lipinski definition) is 3. The Morgan fingerprint density at radius 1 is 1.58 bits per heavy atom. The summed E-state index contributed by atoms with van der Waals surface area (Å²) in [6.45, 7) is 2.38. The number of hydrogen-bond donors (Lipinski definition) is 3. The van der Waals surface area contributed by atoms with Gasteiger partial charge in [0.05, 0.1) is 0 Å². The van der Waals surface area contributed by atoms with Crippen LogP contribution in [0.2, 0.25) is 0 Å². The molecule has 1 aliphatic rings. The Morgan fingerprint density at radius 3 is 2.58 bits per heavy atom. The van der Waals surface area contributed by atoms with Crippen molar-refractivity contribution in [2.75, 3.05) is 6.54 Å². The van der Waals surface area contributed by atoms with Gasteiger partial charge < -0.3 is 5.73 Å². The van der Waals surface area contributed by atoms with Gasteiger partial charge in [0.2, 0.25) is 0 Å². The number of rotatable bonds is 5. The fraction of sp³-hybridized carbons (Fsp3) is 1.00. The van der Waals surface area contributed by atoms with Gasteiger partial charge in [0.25, 0.3) is 10.2 Å². The smallest absolute Gasteiger partial charge is 0.277 e. The van der Waals surface area contributed by atoms with Crippen LogP contribution in [-0.2, 0) is 10.2 Å². The van der Waals surface area contributed by atoms with E-state index in [1.165, 1.54) is 0 Å². The topological polar surface area (TPSA) is 84.2 Å². The van der Waals surface area contributed by atoms with Gasteiger partial charge in [-0.1, -0.05) is 6.92 Å². The second-order valence-corrected chi connectivity index (χ2v) is 4.55. The molecule has 1 rings (SSSR count). The molecule has 4 N–H and O–H groups in total. The minimum absolute atomic E-state index is 0.00296. The largest absolute Gasteiger partial charge is 0.326 e. The first-order chi connectivity index (χ1) is 5.55. The van der Waals surface area contributed by atoms with Gasteiger partial charge >= 0.3 is 0 Å². The van der Waals surface area contributed by atoms with Crippen LogP contribution < -0.4 is 15.2 Å². The van der Waals surface area contributed by atoms with Crippen molar-refractivity contribution < 1.29 is 8.42 Å². The third kappa shape index (κ3) is 3.06. The summed E-state index contributed by atoms with van der Waals surface area (Å²) in [7, 11) is -3.29. The first-order valence-corrected chi connectivity index (χ1v) is 5.56. The molecule has 0 amide bonds. The molecular formula is C6H15N3O2S. The van der Waals surface area contributed by atoms with Gasteiger partial charge in [0, 0.05) is 18.6 Å². The third-order valence-electron chi connectivity index (χ3n) is 1.69. The predicted molar refractivity (Wildman–Crippen MR) is 46.7 cm³/mol. The molecule has 5 nitrogen and oxygen atoms in total. The van der Waals surface area contributed by atoms with Crippen molar-refractivity contribution in [3.05, 3.63) is 0 Å². The van der Waals surface area contributed by atoms with Crippen LogP contribution in [0.1, 0.15) is 19.8 Å². The van der Waals surface area contributed by atoms with Crippen molar-refractivity contribution in [1.29, 1.82) is 0 Å². The summed E-state index contributed by atoms with van der Waals surface area (Å²) in [4.78, 5) is 0. The Kier molecular flexibility index (Phi) is 3.05. The van der Waals surface area contributed by atoms with E-state index in [9.17, 15) is 8.42 Å². The maximum Gasteiger partial charge on any atom is 0.277 e. The van der Waals surface area contributed by atoms with Crippen LogP contribution in [0.25, 0.3) is 0 Å². The maximum atomic E-state index is 11.1. The summed E-state index contributed by atoms with van der Waals surface area (Å²) >= 11 is 0. The Morgan fingerprint density at radius 2 is 2.17 bits per heavy atom. The third-order valence-corrected chi connectivity index (χ3v) is 2.89. The van der Waals surface area contributed by atoms with E-state index in [2.05, 4.69) is 9.44 Å². The Labute approximate surface area is 72.9 Å². The van der Waals surface area contributed by atoms with Gasteiger partial charge in [-0.3, -0.25) is 0 Å². The van der Waals surface area contributed by atoms with Crippen LogP contribution in [0.15, 0.2) is 0 Å². The highest BCUT2D eigenvalue weighted by Crippen LogP contribution is 2.18. The zero-order chi connectivity index (χ0) is 9.19. The molecule has 0 aliphatic heterocycles. The fourth-order valence-electron chi connectivity index (χ4n) is 0.828. The van der Waals surface area contributed by atoms with Gasteiger partial charge in [-0.2, -0.15) is 13.1 Å². The van der Waals surface area contributed by atoms with Crippen molar-refractivity contribution in [3.8, 4) is 0 Å². The summed E-state index contributed by atoms with van der Waals surface area (Å²) in [5, 5.41) is 0. The first-order valence-electron chi connectivity index (χ1n) is 4.07. The monoisotopic (exact) mass is 193 g/mol. The van der Waals surface area contributed by atoms with E-state index in [-0.39, 0.29) is 12.1 Å². The quantitative estimate of drug-likeness (QED) is 0.519. The molecule has 0 bridgehead atoms. The molecule has 0 radical (unpaired) electrons. The van der Waals surface area contributed by atoms with E-state index >= 15 is 0 Å². The second kappa shape index (κ2) is 3.69. The minimum atomic E-state index is -3.29. The minimum Gasteiger partial charge on any atom is -0.326 e. The maximum absolute atomic E-state index is 11.1. The summed E-state index contributed by atoms with van der Waals surface area (Å²) in [6.07, 6.45) is 1.53. The van der Waals surface area contributed by atoms with Crippen LogP contribution in [0.4, 0.5) is 0 Å². The Bertz CT molecular complexity index is 239. The van der Waals surface area contributed by atoms with E-state index < -0.39 is 10.2 Å². The molecule has 1 saturated carbocycles. The van der Waals surface area contributed by atoms with E-state index in [4.69, 9.17) is 5.73 Å². The van der Waals surface area contributed by atoms with E-state index in [0.29, 0.717) is 6.54 Å². The molecular weight excluding hydrogens is 178 g/mol. The number of nitrogens with two attached hydrogens (primary N) is 1. The molecule has 1 aliphatic carbocycles. The van der Waals surface area contributed by atoms with Crippen molar-refractivity contribution in [3.63, 3.8) is 0 Å². The standard InChI is InChI=1S/C6H15N3O2S/c1-2-3-8-12(10,11)9-6-4-5(6)7/h5-6,8-9H,2-4,7H2,1H3. The molecule has 2 unspecified atom stereocenters. The molecule has 0 aromatic rings. The van der Waals surface area contributed by atoms with Crippen LogP contribution in [0.3, 0.4) is 0 Å². The summed E-state index contributed by atoms with van der Waals surface area (Å²) < 4.78 is 27.1. The van der Waals surface area contributed by atoms with E-state index in [0.717, 1.165) is 12.8 Å². The van der Waals surface area contributed by atoms with Gasteiger partial charge in [-0.25, -0.2) is 4.72 Å². The lowest BCUT2D eigenvalue weighted by Gasteiger charge is -2.05. The highest BCUT2D eigenvalue weighted by molar-refractivity contribution is 7.87. The van der Waals surface area contributed by atoms with E-state index in [1.54, 1.807) is 0 Å². The van der Waals surface area contributed by atoms with Crippen molar-refractivity contribution in [2.45, 2.75) is 31.8 Å². The average molecular weight is 193 g/mol. The lowest BCUT2D eigenvalue weighted by atomic mass is 10.5. The van der Waals surface area contributed by atoms with Crippen molar-refractivity contribution in [2.24, 2.45) is 5.73 Å². The molecule has 1 fully saturated rings. The van der Waals surface area contributed by atoms with Gasteiger partial charge in [-0.05, 0) is 12.8 Å². The van der Waals surface area contributed by atoms with Crippen molar-refractivity contribution >= 4 is 10.2 Å². The molecule has 6 heteroatoms. The second-order valence-electron chi connectivity index (χ2n) is 3.02. The summed E-state index contributed by atoms with van der Waals surface area (Å²) in [5.41, 5.74) is 5.45. The van der Waals surface area contributed by atoms with Crippen LogP contribution >= 0.6 is 0 Å². The van der Waals surface area contributed by atoms with E-state index in [1.807, 2.05) is 6.92 Å². The Hall–Kier alpha value is -0.170. The molecule has 0 heterocycles. The fourth-order valence-corrected chi connectivity index (χ4v) is 2.05. The lowest BCUT2D eigenvalue weighted by Crippen LogP contribution is -2.39. The van der Waals surface area contributed by atoms with Crippen molar-refractivity contribution in [1.82, 2.24) is 9.44 Å². The molecule has 72 valence electrons. The average Bonchev–Trinajstić information content (AvgIpc) is 2.61. The SMILES string of the molecule is CCCNS(=O)(=O)NC1CC1N. The van der Waals surface area contributed by atoms with Gasteiger partial charge in [-0.15, -0.1) is 0 Å². The molecule has 0 spiro atoms. The highest BCUT2D eigenvalue weighted by Gasteiger charge is 2.36. The lowest BCUT2D eigenvalue weighted by molar-refractivity contribution is 0.564. The zero-order valence-electron chi connectivity index (χ0n) is 7.08. The van der Waals surface area contributed by atoms with Gasteiger partial charge in [0.15, 0.2) is 0 Å². The molecule has 2 atom stereocenters. The predicted octanol–water partition coefficient (Wildman–Crippen LogP) is -1.08. The molecule has 0 aromatic heterocycles. The highest BCUT2D eigenvalue weighted by atomic mass is 32.2. The summed E-state index contributed by atoms with van der Waals surface area (Å²) in [6, 6.07) is -0.0532. The summed E-state index contributed by atoms with van der Waals surface area (Å²) in [5.74, 6) is 0. The molecule has 0 saturated heterocycles. The van der Waals surface area contributed by atoms with Gasteiger partial charge in [0.1, 0.15) is 0 Å². The molecule has 12 heavy (non-hydrogen) atoms. The normalized spacial score (nSPS) is 28.8. The molecule has 0 aromatic carbocycles. The first kappa shape index (κ1) is 9.91. The van der Waals surface area contributed by atoms with Crippen LogP contribution in [0, 0.1) is 0 Å². The van der Waals surface area contributed by atoms with Crippen LogP contribution in [0.5, 0.6) is 0 Å². The van der Waals surface area contributed by atoms with Crippen LogP contribution in [-0.4, -0.2) is 27.0 Å². The number of nitrogens with one attached hydrogen (secondary N) is 2. The zero-order valence-corrected chi connectivity index (χ0v) is 7.89. The Balaban J connectivity index is 2.28.